The van der Waals surface area contributed by atoms with E-state index in [9.17, 15) is 27.9 Å². The summed E-state index contributed by atoms with van der Waals surface area (Å²) in [7, 11) is 1.36. The lowest BCUT2D eigenvalue weighted by atomic mass is 10.2. The van der Waals surface area contributed by atoms with Gasteiger partial charge in [0, 0.05) is 18.5 Å². The van der Waals surface area contributed by atoms with Crippen molar-refractivity contribution in [2.75, 3.05) is 20.1 Å². The number of carbonyl (C=O) groups excluding carboxylic acids is 2. The molecule has 31 heavy (non-hydrogen) atoms. The van der Waals surface area contributed by atoms with Gasteiger partial charge in [-0.3, -0.25) is 4.79 Å². The zero-order valence-corrected chi connectivity index (χ0v) is 18.1. The predicted molar refractivity (Wildman–Crippen MR) is 106 cm³/mol. The number of alkyl halides is 3. The number of thiophene rings is 1. The summed E-state index contributed by atoms with van der Waals surface area (Å²) in [4.78, 5) is 29.5. The zero-order valence-electron chi connectivity index (χ0n) is 17.2. The fourth-order valence-corrected chi connectivity index (χ4v) is 4.08. The topological polar surface area (TPSA) is 101 Å². The summed E-state index contributed by atoms with van der Waals surface area (Å²) in [5.74, 6) is -0.987. The predicted octanol–water partition coefficient (Wildman–Crippen LogP) is 3.03. The smallest absolute Gasteiger partial charge is 0.418 e. The van der Waals surface area contributed by atoms with E-state index in [4.69, 9.17) is 9.47 Å². The molecule has 0 radical (unpaired) electrons. The summed E-state index contributed by atoms with van der Waals surface area (Å²) in [6.07, 6.45) is -7.54. The number of fused-ring (bicyclic) bond motifs is 1. The van der Waals surface area contributed by atoms with Gasteiger partial charge in [-0.25, -0.2) is 9.78 Å². The molecule has 2 aromatic rings. The van der Waals surface area contributed by atoms with Crippen LogP contribution in [0.15, 0.2) is 11.4 Å². The number of halogens is 3. The van der Waals surface area contributed by atoms with Gasteiger partial charge < -0.3 is 24.8 Å². The van der Waals surface area contributed by atoms with Crippen LogP contribution >= 0.6 is 11.3 Å². The molecular formula is C19H22F3N3O5S. The largest absolute Gasteiger partial charge is 0.470 e. The minimum Gasteiger partial charge on any atom is -0.470 e. The number of nitrogens with zero attached hydrogens (tertiary/aromatic N) is 2. The van der Waals surface area contributed by atoms with Crippen molar-refractivity contribution in [1.29, 1.82) is 0 Å². The van der Waals surface area contributed by atoms with Gasteiger partial charge in [0.2, 0.25) is 5.88 Å². The summed E-state index contributed by atoms with van der Waals surface area (Å²) >= 11 is 0.755. The molecule has 2 aromatic heterocycles. The SMILES string of the molecule is CNC(=O)c1csc2c(C(F)(F)F)cc(OC3CN(C(=O)OC(C)(C)C)CC3O)nc12. The summed E-state index contributed by atoms with van der Waals surface area (Å²) in [5, 5.41) is 13.9. The minimum absolute atomic E-state index is 0.0131. The van der Waals surface area contributed by atoms with Gasteiger partial charge in [0.25, 0.3) is 5.91 Å². The van der Waals surface area contributed by atoms with Crippen LogP contribution in [0.25, 0.3) is 10.2 Å². The first kappa shape index (κ1) is 23.1. The first-order chi connectivity index (χ1) is 14.3. The minimum atomic E-state index is -4.71. The van der Waals surface area contributed by atoms with Gasteiger partial charge in [-0.1, -0.05) is 0 Å². The molecule has 1 fully saturated rings. The number of carbonyl (C=O) groups is 2. The maximum atomic E-state index is 13.6. The van der Waals surface area contributed by atoms with E-state index in [-0.39, 0.29) is 28.9 Å². The van der Waals surface area contributed by atoms with Crippen molar-refractivity contribution >= 4 is 33.6 Å². The third kappa shape index (κ3) is 5.01. The first-order valence-electron chi connectivity index (χ1n) is 9.34. The molecule has 2 amide bonds. The maximum absolute atomic E-state index is 13.6. The van der Waals surface area contributed by atoms with E-state index >= 15 is 0 Å². The molecule has 1 saturated heterocycles. The number of amides is 2. The molecule has 1 aliphatic rings. The highest BCUT2D eigenvalue weighted by atomic mass is 32.1. The molecule has 0 aromatic carbocycles. The Labute approximate surface area is 179 Å². The third-order valence-electron chi connectivity index (χ3n) is 4.44. The number of aromatic nitrogens is 1. The van der Waals surface area contributed by atoms with Crippen molar-refractivity contribution in [2.45, 2.75) is 44.8 Å². The van der Waals surface area contributed by atoms with Gasteiger partial charge in [-0.05, 0) is 20.8 Å². The normalized spacial score (nSPS) is 19.5. The van der Waals surface area contributed by atoms with Crippen LogP contribution in [0.3, 0.4) is 0 Å². The second-order valence-corrected chi connectivity index (χ2v) is 8.90. The Morgan fingerprint density at radius 1 is 1.29 bits per heavy atom. The number of likely N-dealkylation sites (tertiary alicyclic amines) is 1. The molecule has 2 atom stereocenters. The van der Waals surface area contributed by atoms with Gasteiger partial charge in [0.15, 0.2) is 0 Å². The number of nitrogens with one attached hydrogen (secondary N) is 1. The number of aliphatic hydroxyl groups excluding tert-OH is 1. The fourth-order valence-electron chi connectivity index (χ4n) is 3.06. The second-order valence-electron chi connectivity index (χ2n) is 8.02. The molecule has 1 aliphatic heterocycles. The maximum Gasteiger partial charge on any atom is 0.418 e. The lowest BCUT2D eigenvalue weighted by Crippen LogP contribution is -2.36. The van der Waals surface area contributed by atoms with Crippen molar-refractivity contribution in [3.05, 3.63) is 22.6 Å². The van der Waals surface area contributed by atoms with Gasteiger partial charge >= 0.3 is 12.3 Å². The fraction of sp³-hybridized carbons (Fsp3) is 0.526. The average molecular weight is 461 g/mol. The first-order valence-corrected chi connectivity index (χ1v) is 10.2. The zero-order chi connectivity index (χ0) is 23.1. The van der Waals surface area contributed by atoms with Crippen LogP contribution in [0.2, 0.25) is 0 Å². The van der Waals surface area contributed by atoms with Crippen LogP contribution < -0.4 is 10.1 Å². The van der Waals surface area contributed by atoms with Crippen molar-refractivity contribution in [3.8, 4) is 5.88 Å². The van der Waals surface area contributed by atoms with E-state index in [0.717, 1.165) is 17.4 Å². The van der Waals surface area contributed by atoms with E-state index in [0.29, 0.717) is 0 Å². The molecule has 0 aliphatic carbocycles. The molecule has 3 heterocycles. The Balaban J connectivity index is 1.91. The number of ether oxygens (including phenoxy) is 2. The van der Waals surface area contributed by atoms with Crippen LogP contribution in [-0.2, 0) is 10.9 Å². The summed E-state index contributed by atoms with van der Waals surface area (Å²) in [6, 6.07) is 0.731. The average Bonchev–Trinajstić information content (AvgIpc) is 3.22. The van der Waals surface area contributed by atoms with Crippen LogP contribution in [0.5, 0.6) is 5.88 Å². The monoisotopic (exact) mass is 461 g/mol. The summed E-state index contributed by atoms with van der Waals surface area (Å²) in [5.41, 5.74) is -1.90. The quantitative estimate of drug-likeness (QED) is 0.729. The molecule has 0 spiro atoms. The van der Waals surface area contributed by atoms with Crippen LogP contribution in [0.1, 0.15) is 36.7 Å². The van der Waals surface area contributed by atoms with Crippen molar-refractivity contribution in [3.63, 3.8) is 0 Å². The van der Waals surface area contributed by atoms with Crippen molar-refractivity contribution < 1.29 is 37.3 Å². The Morgan fingerprint density at radius 2 is 1.97 bits per heavy atom. The molecule has 170 valence electrons. The highest BCUT2D eigenvalue weighted by Crippen LogP contribution is 2.40. The standard InChI is InChI=1S/C19H22F3N3O5S/c1-18(2,3)30-17(28)25-6-11(26)12(7-25)29-13-5-10(19(20,21)22)15-14(24-13)9(8-31-15)16(27)23-4/h5,8,11-12,26H,6-7H2,1-4H3,(H,23,27). The van der Waals surface area contributed by atoms with Crippen molar-refractivity contribution in [1.82, 2.24) is 15.2 Å². The molecular weight excluding hydrogens is 439 g/mol. The number of β-amino-alcohol motifs (C(OH)–C–C–N with tert-alkyl or cyclic N) is 1. The van der Waals surface area contributed by atoms with Crippen LogP contribution in [0.4, 0.5) is 18.0 Å². The molecule has 8 nitrogen and oxygen atoms in total. The van der Waals surface area contributed by atoms with Crippen LogP contribution in [0, 0.1) is 0 Å². The summed E-state index contributed by atoms with van der Waals surface area (Å²) < 4.78 is 51.4. The molecule has 0 saturated carbocycles. The molecule has 2 N–H and O–H groups in total. The number of rotatable bonds is 3. The lowest BCUT2D eigenvalue weighted by Gasteiger charge is -2.24. The lowest BCUT2D eigenvalue weighted by molar-refractivity contribution is -0.136. The highest BCUT2D eigenvalue weighted by Gasteiger charge is 2.39. The number of hydrogen-bond acceptors (Lipinski definition) is 7. The van der Waals surface area contributed by atoms with Crippen LogP contribution in [-0.4, -0.2) is 64.9 Å². The number of hydrogen-bond donors (Lipinski definition) is 2. The Bertz CT molecular complexity index is 1000. The Morgan fingerprint density at radius 3 is 2.55 bits per heavy atom. The van der Waals surface area contributed by atoms with E-state index in [1.165, 1.54) is 17.3 Å². The third-order valence-corrected chi connectivity index (χ3v) is 5.44. The molecule has 3 rings (SSSR count). The summed E-state index contributed by atoms with van der Waals surface area (Å²) in [6.45, 7) is 4.87. The van der Waals surface area contributed by atoms with Gasteiger partial charge in [-0.15, -0.1) is 11.3 Å². The van der Waals surface area contributed by atoms with E-state index in [1.54, 1.807) is 20.8 Å². The molecule has 0 bridgehead atoms. The van der Waals surface area contributed by atoms with Gasteiger partial charge in [-0.2, -0.15) is 13.2 Å². The highest BCUT2D eigenvalue weighted by molar-refractivity contribution is 7.17. The second kappa shape index (κ2) is 8.15. The Kier molecular flexibility index (Phi) is 6.07. The van der Waals surface area contributed by atoms with Gasteiger partial charge in [0.1, 0.15) is 17.8 Å². The molecule has 2 unspecified atom stereocenters. The van der Waals surface area contributed by atoms with E-state index < -0.39 is 47.4 Å². The number of pyridine rings is 1. The van der Waals surface area contributed by atoms with Gasteiger partial charge in [0.05, 0.1) is 34.4 Å². The Hall–Kier alpha value is -2.60. The van der Waals surface area contributed by atoms with E-state index in [1.807, 2.05) is 0 Å². The molecule has 12 heteroatoms. The van der Waals surface area contributed by atoms with E-state index in [2.05, 4.69) is 10.3 Å². The van der Waals surface area contributed by atoms with Crippen molar-refractivity contribution in [2.24, 2.45) is 0 Å². The number of aliphatic hydroxyl groups is 1.